The van der Waals surface area contributed by atoms with Crippen molar-refractivity contribution in [1.82, 2.24) is 20.1 Å². The van der Waals surface area contributed by atoms with Crippen LogP contribution in [0, 0.1) is 13.8 Å². The molecule has 1 N–H and O–H groups in total. The van der Waals surface area contributed by atoms with Crippen molar-refractivity contribution in [2.24, 2.45) is 0 Å². The zero-order chi connectivity index (χ0) is 13.2. The van der Waals surface area contributed by atoms with Gasteiger partial charge >= 0.3 is 0 Å². The van der Waals surface area contributed by atoms with Gasteiger partial charge in [-0.1, -0.05) is 0 Å². The average Bonchev–Trinajstić information content (AvgIpc) is 2.79. The second-order valence-corrected chi connectivity index (χ2v) is 4.87. The van der Waals surface area contributed by atoms with Gasteiger partial charge in [0.25, 0.3) is 0 Å². The van der Waals surface area contributed by atoms with Gasteiger partial charge in [0, 0.05) is 31.9 Å². The number of rotatable bonds is 2. The van der Waals surface area contributed by atoms with Crippen LogP contribution in [0.3, 0.4) is 0 Å². The first kappa shape index (κ1) is 12.2. The highest BCUT2D eigenvalue weighted by atomic mass is 15.3. The molecule has 1 aromatic heterocycles. The normalized spacial score (nSPS) is 15.8. The summed E-state index contributed by atoms with van der Waals surface area (Å²) in [5.41, 5.74) is 2.34. The Morgan fingerprint density at radius 2 is 1.63 bits per heavy atom. The molecule has 1 aliphatic rings. The van der Waals surface area contributed by atoms with Crippen molar-refractivity contribution in [3.05, 3.63) is 35.9 Å². The third-order valence-corrected chi connectivity index (χ3v) is 3.45. The number of nitrogens with zero attached hydrogens (tertiary/aromatic N) is 4. The molecule has 0 saturated carbocycles. The third-order valence-electron chi connectivity index (χ3n) is 3.45. The Balaban J connectivity index is 1.84. The lowest BCUT2D eigenvalue weighted by Crippen LogP contribution is -2.43. The summed E-state index contributed by atoms with van der Waals surface area (Å²) in [5.74, 6) is 1.73. The lowest BCUT2D eigenvalue weighted by molar-refractivity contribution is 0.589. The molecule has 0 unspecified atom stereocenters. The fourth-order valence-electron chi connectivity index (χ4n) is 2.49. The van der Waals surface area contributed by atoms with Crippen molar-refractivity contribution < 1.29 is 0 Å². The molecule has 0 bridgehead atoms. The summed E-state index contributed by atoms with van der Waals surface area (Å²) in [4.78, 5) is 6.74. The summed E-state index contributed by atoms with van der Waals surface area (Å²) in [5, 5.41) is 7.77. The molecule has 1 saturated heterocycles. The number of hydrogen-bond acceptors (Lipinski definition) is 4. The topological polar surface area (TPSA) is 46.0 Å². The molecule has 19 heavy (non-hydrogen) atoms. The first-order valence-corrected chi connectivity index (χ1v) is 6.70. The van der Waals surface area contributed by atoms with Gasteiger partial charge in [0.1, 0.15) is 11.6 Å². The van der Waals surface area contributed by atoms with Crippen LogP contribution in [-0.4, -0.2) is 40.9 Å². The molecule has 2 heterocycles. The molecule has 5 heteroatoms. The van der Waals surface area contributed by atoms with Gasteiger partial charge in [-0.25, -0.2) is 9.67 Å². The van der Waals surface area contributed by atoms with Crippen molar-refractivity contribution in [3.63, 3.8) is 0 Å². The summed E-state index contributed by atoms with van der Waals surface area (Å²) < 4.78 is 1.89. The van der Waals surface area contributed by atoms with Crippen LogP contribution in [0.25, 0.3) is 5.69 Å². The Morgan fingerprint density at radius 3 is 2.21 bits per heavy atom. The molecule has 1 aromatic carbocycles. The standard InChI is InChI=1S/C14H19N5/c1-11-16-12(2)19(17-11)14-5-3-13(4-6-14)18-9-7-15-8-10-18/h3-6,15H,7-10H2,1-2H3. The van der Waals surface area contributed by atoms with E-state index in [0.29, 0.717) is 0 Å². The van der Waals surface area contributed by atoms with Crippen LogP contribution in [-0.2, 0) is 0 Å². The number of aryl methyl sites for hydroxylation is 2. The summed E-state index contributed by atoms with van der Waals surface area (Å²) >= 11 is 0. The molecule has 2 aromatic rings. The molecule has 5 nitrogen and oxygen atoms in total. The molecule has 1 aliphatic heterocycles. The van der Waals surface area contributed by atoms with Crippen LogP contribution < -0.4 is 10.2 Å². The van der Waals surface area contributed by atoms with E-state index >= 15 is 0 Å². The van der Waals surface area contributed by atoms with E-state index in [0.717, 1.165) is 43.5 Å². The Morgan fingerprint density at radius 1 is 1.00 bits per heavy atom. The largest absolute Gasteiger partial charge is 0.369 e. The van der Waals surface area contributed by atoms with Crippen molar-refractivity contribution in [2.45, 2.75) is 13.8 Å². The van der Waals surface area contributed by atoms with Gasteiger partial charge in [-0.3, -0.25) is 0 Å². The fraction of sp³-hybridized carbons (Fsp3) is 0.429. The fourth-order valence-corrected chi connectivity index (χ4v) is 2.49. The second kappa shape index (κ2) is 5.01. The van der Waals surface area contributed by atoms with E-state index in [-0.39, 0.29) is 0 Å². The van der Waals surface area contributed by atoms with Crippen LogP contribution in [0.5, 0.6) is 0 Å². The number of hydrogen-bond donors (Lipinski definition) is 1. The van der Waals surface area contributed by atoms with Gasteiger partial charge in [-0.15, -0.1) is 0 Å². The number of nitrogens with one attached hydrogen (secondary N) is 1. The van der Waals surface area contributed by atoms with E-state index in [9.17, 15) is 0 Å². The maximum absolute atomic E-state index is 4.40. The van der Waals surface area contributed by atoms with E-state index in [2.05, 4.69) is 44.6 Å². The minimum atomic E-state index is 0.809. The van der Waals surface area contributed by atoms with E-state index in [1.54, 1.807) is 0 Å². The Labute approximate surface area is 113 Å². The molecule has 0 atom stereocenters. The first-order valence-electron chi connectivity index (χ1n) is 6.70. The molecule has 0 spiro atoms. The van der Waals surface area contributed by atoms with E-state index in [1.807, 2.05) is 18.5 Å². The Kier molecular flexibility index (Phi) is 3.21. The minimum absolute atomic E-state index is 0.809. The first-order chi connectivity index (χ1) is 9.24. The quantitative estimate of drug-likeness (QED) is 0.880. The zero-order valence-corrected chi connectivity index (χ0v) is 11.4. The predicted octanol–water partition coefficient (Wildman–Crippen LogP) is 1.29. The van der Waals surface area contributed by atoms with Gasteiger partial charge in [0.05, 0.1) is 5.69 Å². The molecular formula is C14H19N5. The second-order valence-electron chi connectivity index (χ2n) is 4.87. The highest BCUT2D eigenvalue weighted by Gasteiger charge is 2.11. The SMILES string of the molecule is Cc1nc(C)n(-c2ccc(N3CCNCC3)cc2)n1. The summed E-state index contributed by atoms with van der Waals surface area (Å²) in [7, 11) is 0. The van der Waals surface area contributed by atoms with Crippen LogP contribution >= 0.6 is 0 Å². The highest BCUT2D eigenvalue weighted by molar-refractivity contribution is 5.51. The van der Waals surface area contributed by atoms with Gasteiger partial charge in [-0.2, -0.15) is 5.10 Å². The number of aromatic nitrogens is 3. The maximum Gasteiger partial charge on any atom is 0.148 e. The minimum Gasteiger partial charge on any atom is -0.369 e. The van der Waals surface area contributed by atoms with Crippen LogP contribution in [0.1, 0.15) is 11.6 Å². The van der Waals surface area contributed by atoms with Crippen LogP contribution in [0.2, 0.25) is 0 Å². The van der Waals surface area contributed by atoms with Crippen molar-refractivity contribution in [1.29, 1.82) is 0 Å². The Hall–Kier alpha value is -1.88. The number of anilines is 1. The van der Waals surface area contributed by atoms with Crippen LogP contribution in [0.15, 0.2) is 24.3 Å². The summed E-state index contributed by atoms with van der Waals surface area (Å²) in [6, 6.07) is 8.55. The maximum atomic E-state index is 4.40. The molecule has 0 amide bonds. The molecule has 0 aliphatic carbocycles. The lowest BCUT2D eigenvalue weighted by Gasteiger charge is -2.29. The Bertz CT molecular complexity index is 552. The summed E-state index contributed by atoms with van der Waals surface area (Å²) in [6.45, 7) is 8.15. The molecule has 0 radical (unpaired) electrons. The van der Waals surface area contributed by atoms with E-state index in [1.165, 1.54) is 5.69 Å². The smallest absolute Gasteiger partial charge is 0.148 e. The highest BCUT2D eigenvalue weighted by Crippen LogP contribution is 2.18. The number of benzene rings is 1. The number of piperazine rings is 1. The summed E-state index contributed by atoms with van der Waals surface area (Å²) in [6.07, 6.45) is 0. The van der Waals surface area contributed by atoms with Crippen molar-refractivity contribution >= 4 is 5.69 Å². The molecule has 100 valence electrons. The molecule has 1 fully saturated rings. The average molecular weight is 257 g/mol. The monoisotopic (exact) mass is 257 g/mol. The third kappa shape index (κ3) is 2.46. The molecule has 3 rings (SSSR count). The van der Waals surface area contributed by atoms with Gasteiger partial charge in [0.2, 0.25) is 0 Å². The van der Waals surface area contributed by atoms with Crippen LogP contribution in [0.4, 0.5) is 5.69 Å². The van der Waals surface area contributed by atoms with Gasteiger partial charge in [0.15, 0.2) is 0 Å². The van der Waals surface area contributed by atoms with Crippen molar-refractivity contribution in [3.8, 4) is 5.69 Å². The van der Waals surface area contributed by atoms with Gasteiger partial charge in [-0.05, 0) is 38.1 Å². The molecular weight excluding hydrogens is 238 g/mol. The van der Waals surface area contributed by atoms with Crippen molar-refractivity contribution in [2.75, 3.05) is 31.1 Å². The van der Waals surface area contributed by atoms with Gasteiger partial charge < -0.3 is 10.2 Å². The predicted molar refractivity (Wildman–Crippen MR) is 75.9 cm³/mol. The van der Waals surface area contributed by atoms with E-state index < -0.39 is 0 Å². The zero-order valence-electron chi connectivity index (χ0n) is 11.4. The lowest BCUT2D eigenvalue weighted by atomic mass is 10.2. The van der Waals surface area contributed by atoms with E-state index in [4.69, 9.17) is 0 Å².